The van der Waals surface area contributed by atoms with Crippen molar-refractivity contribution in [3.8, 4) is 0 Å². The van der Waals surface area contributed by atoms with Crippen molar-refractivity contribution in [3.63, 3.8) is 0 Å². The molecule has 2 heteroatoms. The first kappa shape index (κ1) is 17.2. The molecule has 1 rings (SSSR count). The predicted molar refractivity (Wildman–Crippen MR) is 84.9 cm³/mol. The molecule has 0 radical (unpaired) electrons. The summed E-state index contributed by atoms with van der Waals surface area (Å²) in [5, 5.41) is 0. The summed E-state index contributed by atoms with van der Waals surface area (Å²) in [6.45, 7) is 5.21. The van der Waals surface area contributed by atoms with Crippen LogP contribution in [0.4, 0.5) is 0 Å². The predicted octanol–water partition coefficient (Wildman–Crippen LogP) is 4.97. The Bertz CT molecular complexity index is 298. The van der Waals surface area contributed by atoms with Crippen molar-refractivity contribution in [2.45, 2.75) is 58.5 Å². The number of benzene rings is 1. The molecule has 0 saturated heterocycles. The van der Waals surface area contributed by atoms with Gasteiger partial charge < -0.3 is 9.47 Å². The second kappa shape index (κ2) is 13.1. The Labute approximate surface area is 124 Å². The van der Waals surface area contributed by atoms with E-state index in [9.17, 15) is 0 Å². The summed E-state index contributed by atoms with van der Waals surface area (Å²) in [5.74, 6) is 0. The summed E-state index contributed by atoms with van der Waals surface area (Å²) in [7, 11) is 0. The molecule has 0 saturated carbocycles. The van der Waals surface area contributed by atoms with Gasteiger partial charge in [-0.1, -0.05) is 75.8 Å². The lowest BCUT2D eigenvalue weighted by atomic mass is 10.1. The molecule has 0 bridgehead atoms. The fourth-order valence-corrected chi connectivity index (χ4v) is 2.15. The van der Waals surface area contributed by atoms with Gasteiger partial charge in [-0.15, -0.1) is 0 Å². The maximum atomic E-state index is 5.57. The van der Waals surface area contributed by atoms with Crippen LogP contribution in [0.15, 0.2) is 30.3 Å². The highest BCUT2D eigenvalue weighted by molar-refractivity contribution is 5.13. The molecule has 0 aromatic heterocycles. The molecular formula is C18H30O2. The van der Waals surface area contributed by atoms with Gasteiger partial charge in [0, 0.05) is 6.61 Å². The number of unbranched alkanes of at least 4 members (excludes halogenated alkanes) is 6. The Morgan fingerprint density at radius 2 is 1.35 bits per heavy atom. The summed E-state index contributed by atoms with van der Waals surface area (Å²) in [4.78, 5) is 0. The van der Waals surface area contributed by atoms with Gasteiger partial charge in [0.15, 0.2) is 0 Å². The van der Waals surface area contributed by atoms with Gasteiger partial charge in [0.1, 0.15) is 0 Å². The van der Waals surface area contributed by atoms with Gasteiger partial charge in [0.05, 0.1) is 19.8 Å². The van der Waals surface area contributed by atoms with Crippen LogP contribution in [0.5, 0.6) is 0 Å². The Kier molecular flexibility index (Phi) is 11.3. The van der Waals surface area contributed by atoms with Crippen LogP contribution in [0.2, 0.25) is 0 Å². The van der Waals surface area contributed by atoms with Crippen LogP contribution in [0.3, 0.4) is 0 Å². The number of hydrogen-bond acceptors (Lipinski definition) is 2. The van der Waals surface area contributed by atoms with E-state index in [-0.39, 0.29) is 0 Å². The normalized spacial score (nSPS) is 10.8. The second-order valence-corrected chi connectivity index (χ2v) is 5.27. The topological polar surface area (TPSA) is 18.5 Å². The summed E-state index contributed by atoms with van der Waals surface area (Å²) in [5.41, 5.74) is 1.22. The van der Waals surface area contributed by atoms with Crippen LogP contribution in [0.1, 0.15) is 57.4 Å². The van der Waals surface area contributed by atoms with Gasteiger partial charge >= 0.3 is 0 Å². The monoisotopic (exact) mass is 278 g/mol. The van der Waals surface area contributed by atoms with E-state index in [0.29, 0.717) is 19.8 Å². The molecule has 20 heavy (non-hydrogen) atoms. The van der Waals surface area contributed by atoms with E-state index in [1.165, 1.54) is 50.5 Å². The van der Waals surface area contributed by atoms with Gasteiger partial charge in [-0.3, -0.25) is 0 Å². The first-order chi connectivity index (χ1) is 9.93. The van der Waals surface area contributed by atoms with Crippen molar-refractivity contribution in [1.29, 1.82) is 0 Å². The zero-order chi connectivity index (χ0) is 14.3. The molecule has 1 aromatic rings. The maximum absolute atomic E-state index is 5.57. The van der Waals surface area contributed by atoms with Crippen LogP contribution in [0, 0.1) is 0 Å². The molecule has 114 valence electrons. The van der Waals surface area contributed by atoms with E-state index in [2.05, 4.69) is 19.1 Å². The maximum Gasteiger partial charge on any atom is 0.0718 e. The lowest BCUT2D eigenvalue weighted by molar-refractivity contribution is 0.0392. The highest BCUT2D eigenvalue weighted by Gasteiger charge is 1.94. The van der Waals surface area contributed by atoms with E-state index in [0.717, 1.165) is 6.61 Å². The zero-order valence-corrected chi connectivity index (χ0v) is 13.0. The van der Waals surface area contributed by atoms with Crippen molar-refractivity contribution < 1.29 is 9.47 Å². The molecular weight excluding hydrogens is 248 g/mol. The molecule has 0 spiro atoms. The Balaban J connectivity index is 1.77. The fourth-order valence-electron chi connectivity index (χ4n) is 2.15. The van der Waals surface area contributed by atoms with Crippen LogP contribution in [-0.2, 0) is 16.1 Å². The Hall–Kier alpha value is -0.860. The van der Waals surface area contributed by atoms with Gasteiger partial charge in [0.2, 0.25) is 0 Å². The standard InChI is InChI=1S/C18H30O2/c1-2-3-4-5-6-7-11-14-19-15-16-20-17-18-12-9-8-10-13-18/h8-10,12-13H,2-7,11,14-17H2,1H3. The molecule has 0 fully saturated rings. The van der Waals surface area contributed by atoms with E-state index >= 15 is 0 Å². The highest BCUT2D eigenvalue weighted by Crippen LogP contribution is 2.06. The number of ether oxygens (including phenoxy) is 2. The third-order valence-corrected chi connectivity index (χ3v) is 3.38. The van der Waals surface area contributed by atoms with E-state index in [4.69, 9.17) is 9.47 Å². The zero-order valence-electron chi connectivity index (χ0n) is 13.0. The summed E-state index contributed by atoms with van der Waals surface area (Å²) in [6.07, 6.45) is 9.33. The third kappa shape index (κ3) is 9.99. The lowest BCUT2D eigenvalue weighted by Gasteiger charge is -2.06. The van der Waals surface area contributed by atoms with Gasteiger partial charge in [-0.2, -0.15) is 0 Å². The molecule has 0 unspecified atom stereocenters. The van der Waals surface area contributed by atoms with Crippen molar-refractivity contribution in [2.75, 3.05) is 19.8 Å². The van der Waals surface area contributed by atoms with E-state index in [1.807, 2.05) is 18.2 Å². The SMILES string of the molecule is CCCCCCCCCOCCOCc1ccccc1. The first-order valence-corrected chi connectivity index (χ1v) is 8.13. The number of rotatable bonds is 13. The highest BCUT2D eigenvalue weighted by atomic mass is 16.5. The van der Waals surface area contributed by atoms with Gasteiger partial charge in [-0.05, 0) is 12.0 Å². The minimum atomic E-state index is 0.682. The fraction of sp³-hybridized carbons (Fsp3) is 0.667. The average Bonchev–Trinajstić information content (AvgIpc) is 2.49. The molecule has 0 N–H and O–H groups in total. The number of hydrogen-bond donors (Lipinski definition) is 0. The van der Waals surface area contributed by atoms with Crippen LogP contribution in [-0.4, -0.2) is 19.8 Å². The third-order valence-electron chi connectivity index (χ3n) is 3.38. The van der Waals surface area contributed by atoms with Gasteiger partial charge in [0.25, 0.3) is 0 Å². The summed E-state index contributed by atoms with van der Waals surface area (Å²) in [6, 6.07) is 10.3. The molecule has 0 aliphatic heterocycles. The largest absolute Gasteiger partial charge is 0.379 e. The van der Waals surface area contributed by atoms with Crippen molar-refractivity contribution >= 4 is 0 Å². The van der Waals surface area contributed by atoms with Crippen molar-refractivity contribution in [1.82, 2.24) is 0 Å². The Morgan fingerprint density at radius 3 is 2.10 bits per heavy atom. The van der Waals surface area contributed by atoms with E-state index in [1.54, 1.807) is 0 Å². The second-order valence-electron chi connectivity index (χ2n) is 5.27. The molecule has 0 amide bonds. The molecule has 0 aliphatic rings. The average molecular weight is 278 g/mol. The van der Waals surface area contributed by atoms with E-state index < -0.39 is 0 Å². The Morgan fingerprint density at radius 1 is 0.700 bits per heavy atom. The molecule has 0 heterocycles. The van der Waals surface area contributed by atoms with Gasteiger partial charge in [-0.25, -0.2) is 0 Å². The minimum Gasteiger partial charge on any atom is -0.379 e. The van der Waals surface area contributed by atoms with Crippen LogP contribution < -0.4 is 0 Å². The van der Waals surface area contributed by atoms with Crippen molar-refractivity contribution in [2.24, 2.45) is 0 Å². The quantitative estimate of drug-likeness (QED) is 0.474. The minimum absolute atomic E-state index is 0.682. The summed E-state index contributed by atoms with van der Waals surface area (Å²) >= 11 is 0. The molecule has 0 aliphatic carbocycles. The van der Waals surface area contributed by atoms with Crippen LogP contribution >= 0.6 is 0 Å². The van der Waals surface area contributed by atoms with Crippen LogP contribution in [0.25, 0.3) is 0 Å². The smallest absolute Gasteiger partial charge is 0.0718 e. The molecule has 1 aromatic carbocycles. The van der Waals surface area contributed by atoms with Crippen molar-refractivity contribution in [3.05, 3.63) is 35.9 Å². The first-order valence-electron chi connectivity index (χ1n) is 8.13. The molecule has 0 atom stereocenters. The summed E-state index contributed by atoms with van der Waals surface area (Å²) < 4.78 is 11.1. The molecule has 2 nitrogen and oxygen atoms in total. The lowest BCUT2D eigenvalue weighted by Crippen LogP contribution is -2.05.